The number of carbonyl (C=O) groups excluding carboxylic acids is 1. The predicted molar refractivity (Wildman–Crippen MR) is 102 cm³/mol. The molecule has 0 saturated carbocycles. The van der Waals surface area contributed by atoms with E-state index < -0.39 is 0 Å². The van der Waals surface area contributed by atoms with Crippen molar-refractivity contribution in [2.45, 2.75) is 39.0 Å². The Labute approximate surface area is 158 Å². The Kier molecular flexibility index (Phi) is 4.79. The van der Waals surface area contributed by atoms with Crippen molar-refractivity contribution >= 4 is 5.91 Å². The molecule has 0 spiro atoms. The highest BCUT2D eigenvalue weighted by atomic mass is 16.4. The molecule has 1 N–H and O–H groups in total. The summed E-state index contributed by atoms with van der Waals surface area (Å²) in [6.07, 6.45) is 4.65. The van der Waals surface area contributed by atoms with Crippen LogP contribution in [-0.2, 0) is 6.42 Å². The number of aromatic nitrogens is 3. The van der Waals surface area contributed by atoms with Crippen LogP contribution in [0.5, 0.6) is 0 Å². The van der Waals surface area contributed by atoms with Gasteiger partial charge < -0.3 is 9.32 Å². The Morgan fingerprint density at radius 1 is 1.22 bits per heavy atom. The number of hydrogen-bond donors (Lipinski definition) is 1. The maximum Gasteiger partial charge on any atom is 0.291 e. The molecule has 3 aromatic rings. The molecule has 6 heteroatoms. The minimum Gasteiger partial charge on any atom is -0.436 e. The Morgan fingerprint density at radius 3 is 2.63 bits per heavy atom. The quantitative estimate of drug-likeness (QED) is 0.767. The van der Waals surface area contributed by atoms with Crippen molar-refractivity contribution in [3.8, 4) is 0 Å². The molecule has 2 aromatic heterocycles. The summed E-state index contributed by atoms with van der Waals surface area (Å²) in [6, 6.07) is 10.4. The number of nitrogens with one attached hydrogen (secondary N) is 1. The molecule has 1 aliphatic rings. The van der Waals surface area contributed by atoms with Crippen molar-refractivity contribution in [1.29, 1.82) is 0 Å². The molecular formula is C21H24N4O2. The molecule has 4 rings (SSSR count). The summed E-state index contributed by atoms with van der Waals surface area (Å²) in [7, 11) is 0. The van der Waals surface area contributed by atoms with Gasteiger partial charge in [0.05, 0.1) is 11.9 Å². The van der Waals surface area contributed by atoms with Gasteiger partial charge in [-0.3, -0.25) is 9.89 Å². The number of nitrogens with zero attached hydrogens (tertiary/aromatic N) is 3. The highest BCUT2D eigenvalue weighted by molar-refractivity contribution is 5.92. The average molecular weight is 364 g/mol. The fourth-order valence-electron chi connectivity index (χ4n) is 3.88. The van der Waals surface area contributed by atoms with Crippen molar-refractivity contribution in [1.82, 2.24) is 20.1 Å². The number of amides is 1. The zero-order valence-electron chi connectivity index (χ0n) is 15.7. The summed E-state index contributed by atoms with van der Waals surface area (Å²) >= 11 is 0. The minimum atomic E-state index is -0.0549. The summed E-state index contributed by atoms with van der Waals surface area (Å²) in [5.74, 6) is 1.25. The maximum absolute atomic E-state index is 12.7. The maximum atomic E-state index is 12.7. The molecule has 1 aliphatic heterocycles. The monoisotopic (exact) mass is 364 g/mol. The first-order valence-corrected chi connectivity index (χ1v) is 9.41. The predicted octanol–water partition coefficient (Wildman–Crippen LogP) is 3.63. The van der Waals surface area contributed by atoms with E-state index in [-0.39, 0.29) is 5.91 Å². The van der Waals surface area contributed by atoms with Crippen LogP contribution in [0.15, 0.2) is 40.9 Å². The third kappa shape index (κ3) is 3.65. The fraction of sp³-hybridized carbons (Fsp3) is 0.381. The van der Waals surface area contributed by atoms with Crippen LogP contribution in [0.3, 0.4) is 0 Å². The van der Waals surface area contributed by atoms with Gasteiger partial charge in [0.15, 0.2) is 5.89 Å². The van der Waals surface area contributed by atoms with Gasteiger partial charge in [0.25, 0.3) is 5.91 Å². The van der Waals surface area contributed by atoms with Gasteiger partial charge in [0.2, 0.25) is 5.76 Å². The molecule has 1 fully saturated rings. The Bertz CT molecular complexity index is 921. The molecule has 0 radical (unpaired) electrons. The molecule has 0 unspecified atom stereocenters. The molecule has 140 valence electrons. The van der Waals surface area contributed by atoms with Crippen LogP contribution in [0.25, 0.3) is 0 Å². The molecular weight excluding hydrogens is 340 g/mol. The normalized spacial score (nSPS) is 15.3. The van der Waals surface area contributed by atoms with Crippen LogP contribution in [0.4, 0.5) is 0 Å². The standard InChI is InChI=1S/C21H24N4O2/c1-14-20(27-15(2)23-14)21(26)25-10-8-17(9-11-25)19-18(13-22-24-19)12-16-6-4-3-5-7-16/h3-7,13,17H,8-12H2,1-2H3,(H,22,24). The highest BCUT2D eigenvalue weighted by Crippen LogP contribution is 2.30. The van der Waals surface area contributed by atoms with E-state index in [0.717, 1.165) is 19.3 Å². The zero-order chi connectivity index (χ0) is 18.8. The van der Waals surface area contributed by atoms with Crippen LogP contribution >= 0.6 is 0 Å². The molecule has 27 heavy (non-hydrogen) atoms. The first-order valence-electron chi connectivity index (χ1n) is 9.41. The number of oxazole rings is 1. The van der Waals surface area contributed by atoms with E-state index in [1.165, 1.54) is 16.8 Å². The van der Waals surface area contributed by atoms with Crippen molar-refractivity contribution in [2.75, 3.05) is 13.1 Å². The second-order valence-electron chi connectivity index (χ2n) is 7.19. The number of carbonyl (C=O) groups is 1. The van der Waals surface area contributed by atoms with E-state index in [2.05, 4.69) is 39.4 Å². The van der Waals surface area contributed by atoms with Gasteiger partial charge >= 0.3 is 0 Å². The Hall–Kier alpha value is -2.89. The first kappa shape index (κ1) is 17.5. The van der Waals surface area contributed by atoms with E-state index in [1.807, 2.05) is 24.1 Å². The second kappa shape index (κ2) is 7.39. The van der Waals surface area contributed by atoms with E-state index >= 15 is 0 Å². The van der Waals surface area contributed by atoms with Gasteiger partial charge in [-0.05, 0) is 30.9 Å². The van der Waals surface area contributed by atoms with Crippen LogP contribution in [0, 0.1) is 13.8 Å². The average Bonchev–Trinajstić information content (AvgIpc) is 3.28. The molecule has 6 nitrogen and oxygen atoms in total. The van der Waals surface area contributed by atoms with Crippen molar-refractivity contribution in [3.63, 3.8) is 0 Å². The smallest absolute Gasteiger partial charge is 0.291 e. The molecule has 1 amide bonds. The molecule has 0 atom stereocenters. The summed E-state index contributed by atoms with van der Waals surface area (Å²) in [5.41, 5.74) is 4.40. The molecule has 1 saturated heterocycles. The van der Waals surface area contributed by atoms with Crippen LogP contribution in [0.2, 0.25) is 0 Å². The number of rotatable bonds is 4. The largest absolute Gasteiger partial charge is 0.436 e. The number of likely N-dealkylation sites (tertiary alicyclic amines) is 1. The molecule has 3 heterocycles. The minimum absolute atomic E-state index is 0.0549. The van der Waals surface area contributed by atoms with E-state index in [1.54, 1.807) is 6.92 Å². The molecule has 0 aliphatic carbocycles. The van der Waals surface area contributed by atoms with Crippen LogP contribution in [0.1, 0.15) is 57.7 Å². The zero-order valence-corrected chi connectivity index (χ0v) is 15.7. The lowest BCUT2D eigenvalue weighted by Crippen LogP contribution is -2.38. The first-order chi connectivity index (χ1) is 13.1. The summed E-state index contributed by atoms with van der Waals surface area (Å²) in [5, 5.41) is 7.48. The van der Waals surface area contributed by atoms with Crippen LogP contribution < -0.4 is 0 Å². The number of hydrogen-bond acceptors (Lipinski definition) is 4. The number of H-pyrrole nitrogens is 1. The van der Waals surface area contributed by atoms with Crippen LogP contribution in [-0.4, -0.2) is 39.1 Å². The van der Waals surface area contributed by atoms with Gasteiger partial charge in [-0.25, -0.2) is 4.98 Å². The fourth-order valence-corrected chi connectivity index (χ4v) is 3.88. The number of benzene rings is 1. The van der Waals surface area contributed by atoms with Gasteiger partial charge in [0.1, 0.15) is 0 Å². The van der Waals surface area contributed by atoms with Gasteiger partial charge in [-0.15, -0.1) is 0 Å². The topological polar surface area (TPSA) is 75.0 Å². The van der Waals surface area contributed by atoms with E-state index in [4.69, 9.17) is 4.42 Å². The van der Waals surface area contributed by atoms with Gasteiger partial charge in [-0.1, -0.05) is 30.3 Å². The lowest BCUT2D eigenvalue weighted by molar-refractivity contribution is 0.0677. The van der Waals surface area contributed by atoms with E-state index in [0.29, 0.717) is 36.4 Å². The molecule has 1 aromatic carbocycles. The third-order valence-corrected chi connectivity index (χ3v) is 5.28. The summed E-state index contributed by atoms with van der Waals surface area (Å²) in [6.45, 7) is 5.01. The summed E-state index contributed by atoms with van der Waals surface area (Å²) < 4.78 is 5.50. The number of piperidine rings is 1. The Balaban J connectivity index is 1.42. The summed E-state index contributed by atoms with van der Waals surface area (Å²) in [4.78, 5) is 18.8. The molecule has 0 bridgehead atoms. The van der Waals surface area contributed by atoms with Gasteiger partial charge in [0, 0.05) is 38.0 Å². The second-order valence-corrected chi connectivity index (χ2v) is 7.19. The lowest BCUT2D eigenvalue weighted by Gasteiger charge is -2.31. The van der Waals surface area contributed by atoms with E-state index in [9.17, 15) is 4.79 Å². The number of aryl methyl sites for hydroxylation is 2. The third-order valence-electron chi connectivity index (χ3n) is 5.28. The van der Waals surface area contributed by atoms with Crippen molar-refractivity contribution < 1.29 is 9.21 Å². The van der Waals surface area contributed by atoms with Crippen molar-refractivity contribution in [3.05, 3.63) is 70.7 Å². The Morgan fingerprint density at radius 2 is 1.96 bits per heavy atom. The van der Waals surface area contributed by atoms with Gasteiger partial charge in [-0.2, -0.15) is 5.10 Å². The van der Waals surface area contributed by atoms with Crippen molar-refractivity contribution in [2.24, 2.45) is 0 Å². The SMILES string of the molecule is Cc1nc(C)c(C(=O)N2CCC(c3[nH]ncc3Cc3ccccc3)CC2)o1. The lowest BCUT2D eigenvalue weighted by atomic mass is 9.89. The number of aromatic amines is 1. The highest BCUT2D eigenvalue weighted by Gasteiger charge is 2.29.